The van der Waals surface area contributed by atoms with Gasteiger partial charge in [-0.25, -0.2) is 0 Å². The molecule has 0 aromatic heterocycles. The van der Waals surface area contributed by atoms with E-state index in [2.05, 4.69) is 18.3 Å². The van der Waals surface area contributed by atoms with Crippen LogP contribution in [-0.2, 0) is 4.79 Å². The van der Waals surface area contributed by atoms with Gasteiger partial charge in [-0.05, 0) is 50.5 Å². The van der Waals surface area contributed by atoms with Crippen LogP contribution in [0.1, 0.15) is 23.6 Å². The number of ether oxygens (including phenoxy) is 1. The molecule has 18 heavy (non-hydrogen) atoms. The average molecular weight is 270 g/mol. The van der Waals surface area contributed by atoms with Gasteiger partial charge in [-0.1, -0.05) is 6.07 Å². The quantitative estimate of drug-likeness (QED) is 0.835. The summed E-state index contributed by atoms with van der Waals surface area (Å²) in [4.78, 5) is 11.0. The van der Waals surface area contributed by atoms with Crippen molar-refractivity contribution in [3.05, 3.63) is 28.8 Å². The highest BCUT2D eigenvalue weighted by Gasteiger charge is 2.09. The van der Waals surface area contributed by atoms with Crippen molar-refractivity contribution >= 4 is 17.5 Å². The fraction of sp³-hybridized carbons (Fsp3) is 0.500. The van der Waals surface area contributed by atoms with E-state index in [1.807, 2.05) is 26.8 Å². The summed E-state index contributed by atoms with van der Waals surface area (Å²) in [6.45, 7) is 8.52. The number of aryl methyl sites for hydroxylation is 2. The highest BCUT2D eigenvalue weighted by molar-refractivity contribution is 6.27. The molecule has 0 aliphatic heterocycles. The zero-order valence-electron chi connectivity index (χ0n) is 11.3. The van der Waals surface area contributed by atoms with Gasteiger partial charge < -0.3 is 10.1 Å². The minimum atomic E-state index is -0.177. The largest absolute Gasteiger partial charge is 0.489 e. The predicted molar refractivity (Wildman–Crippen MR) is 74.5 cm³/mol. The van der Waals surface area contributed by atoms with Crippen molar-refractivity contribution < 1.29 is 9.53 Å². The van der Waals surface area contributed by atoms with Crippen LogP contribution in [0.15, 0.2) is 12.1 Å². The SMILES string of the molecule is Cc1cc(C)c(C)c(OC(C)CNC(=O)CCl)c1. The Morgan fingerprint density at radius 1 is 1.39 bits per heavy atom. The highest BCUT2D eigenvalue weighted by Crippen LogP contribution is 2.24. The zero-order chi connectivity index (χ0) is 13.7. The number of nitrogens with one attached hydrogen (secondary N) is 1. The number of hydrogen-bond acceptors (Lipinski definition) is 2. The Morgan fingerprint density at radius 2 is 2.06 bits per heavy atom. The summed E-state index contributed by atoms with van der Waals surface area (Å²) in [6, 6.07) is 4.14. The maximum Gasteiger partial charge on any atom is 0.235 e. The summed E-state index contributed by atoms with van der Waals surface area (Å²) >= 11 is 5.41. The van der Waals surface area contributed by atoms with E-state index < -0.39 is 0 Å². The number of amides is 1. The first-order chi connectivity index (χ1) is 8.43. The van der Waals surface area contributed by atoms with Crippen molar-refractivity contribution in [3.63, 3.8) is 0 Å². The van der Waals surface area contributed by atoms with Crippen molar-refractivity contribution in [1.82, 2.24) is 5.32 Å². The number of halogens is 1. The number of carbonyl (C=O) groups is 1. The van der Waals surface area contributed by atoms with Crippen LogP contribution in [0.3, 0.4) is 0 Å². The Hall–Kier alpha value is -1.22. The van der Waals surface area contributed by atoms with Crippen molar-refractivity contribution in [2.24, 2.45) is 0 Å². The number of rotatable bonds is 5. The Balaban J connectivity index is 2.64. The molecule has 0 saturated carbocycles. The molecule has 1 aromatic rings. The van der Waals surface area contributed by atoms with Gasteiger partial charge >= 0.3 is 0 Å². The molecule has 1 N–H and O–H groups in total. The first kappa shape index (κ1) is 14.8. The number of alkyl halides is 1. The minimum Gasteiger partial charge on any atom is -0.489 e. The van der Waals surface area contributed by atoms with E-state index in [0.29, 0.717) is 6.54 Å². The van der Waals surface area contributed by atoms with Gasteiger partial charge in [0.15, 0.2) is 0 Å². The van der Waals surface area contributed by atoms with Gasteiger partial charge in [-0.15, -0.1) is 11.6 Å². The van der Waals surface area contributed by atoms with Crippen molar-refractivity contribution in [3.8, 4) is 5.75 Å². The maximum atomic E-state index is 11.0. The van der Waals surface area contributed by atoms with Gasteiger partial charge in [-0.3, -0.25) is 4.79 Å². The first-order valence-electron chi connectivity index (χ1n) is 6.01. The molecule has 1 unspecified atom stereocenters. The van der Waals surface area contributed by atoms with Crippen LogP contribution in [0.5, 0.6) is 5.75 Å². The second-order valence-electron chi connectivity index (χ2n) is 4.57. The van der Waals surface area contributed by atoms with E-state index in [9.17, 15) is 4.79 Å². The lowest BCUT2D eigenvalue weighted by Gasteiger charge is -2.18. The van der Waals surface area contributed by atoms with Crippen LogP contribution in [0.4, 0.5) is 0 Å². The molecule has 0 aliphatic carbocycles. The van der Waals surface area contributed by atoms with Crippen LogP contribution in [0.25, 0.3) is 0 Å². The monoisotopic (exact) mass is 269 g/mol. The third-order valence-corrected chi connectivity index (χ3v) is 3.04. The molecule has 1 amide bonds. The molecule has 0 saturated heterocycles. The van der Waals surface area contributed by atoms with Crippen LogP contribution < -0.4 is 10.1 Å². The van der Waals surface area contributed by atoms with E-state index in [0.717, 1.165) is 11.3 Å². The van der Waals surface area contributed by atoms with Crippen LogP contribution in [0.2, 0.25) is 0 Å². The molecule has 0 fully saturated rings. The van der Waals surface area contributed by atoms with Crippen LogP contribution >= 0.6 is 11.6 Å². The summed E-state index contributed by atoms with van der Waals surface area (Å²) in [5, 5.41) is 2.71. The fourth-order valence-electron chi connectivity index (χ4n) is 1.69. The first-order valence-corrected chi connectivity index (χ1v) is 6.54. The summed E-state index contributed by atoms with van der Waals surface area (Å²) in [5.41, 5.74) is 3.52. The Kier molecular flexibility index (Phi) is 5.48. The van der Waals surface area contributed by atoms with Crippen LogP contribution in [-0.4, -0.2) is 24.4 Å². The summed E-state index contributed by atoms with van der Waals surface area (Å²) in [6.07, 6.45) is -0.0860. The maximum absolute atomic E-state index is 11.0. The van der Waals surface area contributed by atoms with E-state index in [4.69, 9.17) is 16.3 Å². The molecule has 1 atom stereocenters. The lowest BCUT2D eigenvalue weighted by Crippen LogP contribution is -2.34. The molecular weight excluding hydrogens is 250 g/mol. The molecule has 1 rings (SSSR count). The topological polar surface area (TPSA) is 38.3 Å². The van der Waals surface area contributed by atoms with E-state index in [1.54, 1.807) is 0 Å². The van der Waals surface area contributed by atoms with E-state index in [1.165, 1.54) is 11.1 Å². The van der Waals surface area contributed by atoms with Gasteiger partial charge in [0.2, 0.25) is 5.91 Å². The highest BCUT2D eigenvalue weighted by atomic mass is 35.5. The molecule has 0 radical (unpaired) electrons. The molecule has 0 aliphatic rings. The second kappa shape index (κ2) is 6.64. The average Bonchev–Trinajstić information content (AvgIpc) is 2.32. The summed E-state index contributed by atoms with van der Waals surface area (Å²) < 4.78 is 5.84. The van der Waals surface area contributed by atoms with Gasteiger partial charge in [0.25, 0.3) is 0 Å². The van der Waals surface area contributed by atoms with Gasteiger partial charge in [0.05, 0.1) is 6.54 Å². The fourth-order valence-corrected chi connectivity index (χ4v) is 1.78. The van der Waals surface area contributed by atoms with Crippen molar-refractivity contribution in [1.29, 1.82) is 0 Å². The summed E-state index contributed by atoms with van der Waals surface area (Å²) in [7, 11) is 0. The number of carbonyl (C=O) groups excluding carboxylic acids is 1. The smallest absolute Gasteiger partial charge is 0.235 e. The lowest BCUT2D eigenvalue weighted by atomic mass is 10.1. The molecule has 0 spiro atoms. The third kappa shape index (κ3) is 4.22. The standard InChI is InChI=1S/C14H20ClNO2/c1-9-5-10(2)12(4)13(6-9)18-11(3)8-16-14(17)7-15/h5-6,11H,7-8H2,1-4H3,(H,16,17). The Bertz CT molecular complexity index is 432. The minimum absolute atomic E-state index is 0.0186. The van der Waals surface area contributed by atoms with E-state index in [-0.39, 0.29) is 17.9 Å². The molecule has 1 aromatic carbocycles. The van der Waals surface area contributed by atoms with Gasteiger partial charge in [0.1, 0.15) is 17.7 Å². The second-order valence-corrected chi connectivity index (χ2v) is 4.84. The van der Waals surface area contributed by atoms with Crippen molar-refractivity contribution in [2.75, 3.05) is 12.4 Å². The lowest BCUT2D eigenvalue weighted by molar-refractivity contribution is -0.119. The van der Waals surface area contributed by atoms with Gasteiger partial charge in [0, 0.05) is 0 Å². The summed E-state index contributed by atoms with van der Waals surface area (Å²) in [5.74, 6) is 0.680. The van der Waals surface area contributed by atoms with Crippen molar-refractivity contribution in [2.45, 2.75) is 33.8 Å². The normalized spacial score (nSPS) is 12.1. The van der Waals surface area contributed by atoms with Gasteiger partial charge in [-0.2, -0.15) is 0 Å². The number of hydrogen-bond donors (Lipinski definition) is 1. The zero-order valence-corrected chi connectivity index (χ0v) is 12.1. The molecule has 0 heterocycles. The predicted octanol–water partition coefficient (Wildman–Crippen LogP) is 2.73. The molecule has 0 bridgehead atoms. The molecular formula is C14H20ClNO2. The number of benzene rings is 1. The molecule has 3 nitrogen and oxygen atoms in total. The third-order valence-electron chi connectivity index (χ3n) is 2.80. The Labute approximate surface area is 113 Å². The Morgan fingerprint density at radius 3 is 2.67 bits per heavy atom. The molecule has 100 valence electrons. The molecule has 4 heteroatoms. The van der Waals surface area contributed by atoms with E-state index >= 15 is 0 Å². The van der Waals surface area contributed by atoms with Crippen LogP contribution in [0, 0.1) is 20.8 Å².